The molecule has 2 N–H and O–H groups in total. The van der Waals surface area contributed by atoms with Gasteiger partial charge in [-0.1, -0.05) is 54.5 Å². The standard InChI is InChI=1S/C14H10N.CHO2.Y/c1-2-6-11(7-3-1)14-10-12-8-4-5-9-13(12)15-14;2-1-3;/h1-9,15H;(H,2,3);/q2*-1;. The van der Waals surface area contributed by atoms with Gasteiger partial charge in [0.25, 0.3) is 0 Å². The maximum Gasteiger partial charge on any atom is 0 e. The summed E-state index contributed by atoms with van der Waals surface area (Å²) in [6, 6.07) is 21.8. The Hall–Kier alpha value is -1.45. The summed E-state index contributed by atoms with van der Waals surface area (Å²) in [6.07, 6.45) is 0. The largest absolute Gasteiger partial charge is 0.665 e. The fourth-order valence-corrected chi connectivity index (χ4v) is 1.75. The van der Waals surface area contributed by atoms with Crippen LogP contribution in [0.5, 0.6) is 0 Å². The summed E-state index contributed by atoms with van der Waals surface area (Å²) in [5.41, 5.74) is 3.36. The summed E-state index contributed by atoms with van der Waals surface area (Å²) in [6.45, 7) is 0.500. The average Bonchev–Trinajstić information content (AvgIpc) is 2.84. The molecule has 0 fully saturated rings. The molecule has 0 aliphatic rings. The Bertz CT molecular complexity index is 602. The Morgan fingerprint density at radius 1 is 1.00 bits per heavy atom. The number of aromatic nitrogens is 1. The van der Waals surface area contributed by atoms with Crippen LogP contribution < -0.4 is 0 Å². The van der Waals surface area contributed by atoms with Gasteiger partial charge in [-0.05, 0) is 11.2 Å². The number of benzene rings is 2. The van der Waals surface area contributed by atoms with Gasteiger partial charge in [0.15, 0.2) is 0 Å². The van der Waals surface area contributed by atoms with Crippen LogP contribution in [0.3, 0.4) is 0 Å². The van der Waals surface area contributed by atoms with Crippen molar-refractivity contribution in [3.63, 3.8) is 0 Å². The number of H-pyrrole nitrogens is 1. The molecule has 0 aliphatic heterocycles. The maximum absolute atomic E-state index is 8.24. The van der Waals surface area contributed by atoms with Crippen LogP contribution in [-0.4, -0.2) is 16.6 Å². The van der Waals surface area contributed by atoms with Crippen molar-refractivity contribution in [1.29, 1.82) is 0 Å². The van der Waals surface area contributed by atoms with Crippen molar-refractivity contribution in [2.75, 3.05) is 0 Å². The maximum atomic E-state index is 8.24. The third kappa shape index (κ3) is 4.01. The Morgan fingerprint density at radius 2 is 1.58 bits per heavy atom. The smallest absolute Gasteiger partial charge is 0 e. The first-order valence-electron chi connectivity index (χ1n) is 5.42. The molecule has 3 rings (SSSR count). The molecule has 0 bridgehead atoms. The molecule has 0 unspecified atom stereocenters. The van der Waals surface area contributed by atoms with Gasteiger partial charge in [0.2, 0.25) is 0 Å². The monoisotopic (exact) mass is 326 g/mol. The molecule has 0 amide bonds. The predicted octanol–water partition coefficient (Wildman–Crippen LogP) is 3.24. The molecule has 0 saturated carbocycles. The summed E-state index contributed by atoms with van der Waals surface area (Å²) in [5.74, 6) is 0. The second-order valence-corrected chi connectivity index (χ2v) is 3.63. The molecule has 2 aromatic carbocycles. The number of aromatic amines is 1. The zero-order valence-electron chi connectivity index (χ0n) is 10.1. The Labute approximate surface area is 136 Å². The van der Waals surface area contributed by atoms with Gasteiger partial charge >= 0.3 is 0 Å². The summed E-state index contributed by atoms with van der Waals surface area (Å²) >= 11 is 0. The topological polar surface area (TPSA) is 53.1 Å². The van der Waals surface area contributed by atoms with E-state index in [-0.39, 0.29) is 32.7 Å². The second kappa shape index (κ2) is 7.87. The molecule has 1 aromatic heterocycles. The van der Waals surface area contributed by atoms with Gasteiger partial charge < -0.3 is 14.9 Å². The average molecular weight is 326 g/mol. The summed E-state index contributed by atoms with van der Waals surface area (Å²) < 4.78 is 0. The van der Waals surface area contributed by atoms with E-state index in [4.69, 9.17) is 9.90 Å². The zero-order valence-corrected chi connectivity index (χ0v) is 13.0. The van der Waals surface area contributed by atoms with Gasteiger partial charge in [-0.25, -0.2) is 0 Å². The van der Waals surface area contributed by atoms with Crippen LogP contribution in [0.1, 0.15) is 0 Å². The molecule has 1 radical (unpaired) electrons. The second-order valence-electron chi connectivity index (χ2n) is 3.63. The molecule has 0 spiro atoms. The molecule has 3 aromatic rings. The Kier molecular flexibility index (Phi) is 6.47. The van der Waals surface area contributed by atoms with Gasteiger partial charge in [0, 0.05) is 32.7 Å². The van der Waals surface area contributed by atoms with Crippen LogP contribution in [0.2, 0.25) is 0 Å². The summed E-state index contributed by atoms with van der Waals surface area (Å²) in [5, 5.41) is 7.90. The van der Waals surface area contributed by atoms with E-state index in [1.54, 1.807) is 0 Å². The quantitative estimate of drug-likeness (QED) is 0.675. The number of fused-ring (bicyclic) bond motifs is 1. The van der Waals surface area contributed by atoms with Gasteiger partial charge in [-0.15, -0.1) is 23.6 Å². The van der Waals surface area contributed by atoms with E-state index in [0.29, 0.717) is 6.47 Å². The van der Waals surface area contributed by atoms with E-state index < -0.39 is 0 Å². The van der Waals surface area contributed by atoms with Gasteiger partial charge in [0.05, 0.1) is 0 Å². The van der Waals surface area contributed by atoms with Crippen LogP contribution >= 0.6 is 0 Å². The van der Waals surface area contributed by atoms with E-state index in [0.717, 1.165) is 16.6 Å². The molecule has 3 nitrogen and oxygen atoms in total. The van der Waals surface area contributed by atoms with E-state index in [1.165, 1.54) is 5.56 Å². The first kappa shape index (κ1) is 15.6. The molecule has 4 heteroatoms. The van der Waals surface area contributed by atoms with Crippen molar-refractivity contribution in [2.24, 2.45) is 0 Å². The fourth-order valence-electron chi connectivity index (χ4n) is 1.75. The van der Waals surface area contributed by atoms with Crippen molar-refractivity contribution >= 4 is 17.4 Å². The van der Waals surface area contributed by atoms with Crippen molar-refractivity contribution in [3.05, 3.63) is 60.7 Å². The van der Waals surface area contributed by atoms with Crippen molar-refractivity contribution in [1.82, 2.24) is 4.98 Å². The molecule has 0 saturated heterocycles. The van der Waals surface area contributed by atoms with Crippen molar-refractivity contribution < 1.29 is 42.6 Å². The predicted molar refractivity (Wildman–Crippen MR) is 70.9 cm³/mol. The number of para-hydroxylation sites is 1. The Morgan fingerprint density at radius 3 is 2.21 bits per heavy atom. The van der Waals surface area contributed by atoms with E-state index in [2.05, 4.69) is 35.3 Å². The number of nitrogens with one attached hydrogen (secondary N) is 1. The van der Waals surface area contributed by atoms with Crippen molar-refractivity contribution in [3.8, 4) is 11.3 Å². The summed E-state index contributed by atoms with van der Waals surface area (Å²) in [4.78, 5) is 11.6. The van der Waals surface area contributed by atoms with Crippen LogP contribution in [0, 0.1) is 6.07 Å². The van der Waals surface area contributed by atoms with Crippen LogP contribution in [0.4, 0.5) is 0 Å². The van der Waals surface area contributed by atoms with E-state index in [9.17, 15) is 0 Å². The molecule has 0 atom stereocenters. The van der Waals surface area contributed by atoms with E-state index in [1.807, 2.05) is 30.3 Å². The normalized spacial score (nSPS) is 9.05. The Balaban J connectivity index is 0.000000416. The minimum Gasteiger partial charge on any atom is -0.665 e. The van der Waals surface area contributed by atoms with Crippen molar-refractivity contribution in [2.45, 2.75) is 0 Å². The van der Waals surface area contributed by atoms with Crippen LogP contribution in [0.25, 0.3) is 22.2 Å². The number of hydrogen-bond acceptors (Lipinski definition) is 1. The molecule has 0 aliphatic carbocycles. The van der Waals surface area contributed by atoms with Gasteiger partial charge in [0.1, 0.15) is 0 Å². The van der Waals surface area contributed by atoms with Crippen LogP contribution in [0.15, 0.2) is 54.6 Å². The molecular weight excluding hydrogens is 315 g/mol. The fraction of sp³-hybridized carbons (Fsp3) is 0. The minimum absolute atomic E-state index is 0. The molecule has 93 valence electrons. The SMILES string of the molecule is O=[C-]O.[Y].[c-]1c(-c2ccccc2)[nH]c2ccccc12. The first-order chi connectivity index (χ1) is 8.85. The van der Waals surface area contributed by atoms with Crippen LogP contribution in [-0.2, 0) is 37.5 Å². The van der Waals surface area contributed by atoms with Gasteiger partial charge in [-0.2, -0.15) is 0 Å². The number of aliphatic hydroxyl groups excluding tert-OH is 1. The third-order valence-electron chi connectivity index (χ3n) is 2.51. The van der Waals surface area contributed by atoms with Gasteiger partial charge in [-0.3, -0.25) is 0 Å². The van der Waals surface area contributed by atoms with E-state index >= 15 is 0 Å². The molecular formula is C15H11NO2Y-2. The minimum atomic E-state index is 0. The summed E-state index contributed by atoms with van der Waals surface area (Å²) in [7, 11) is 0. The first-order valence-corrected chi connectivity index (χ1v) is 5.42. The number of rotatable bonds is 1. The molecule has 19 heavy (non-hydrogen) atoms. The molecule has 1 heterocycles. The zero-order chi connectivity index (χ0) is 12.8. The number of hydrogen-bond donors (Lipinski definition) is 2. The third-order valence-corrected chi connectivity index (χ3v) is 2.51.